The molecule has 1 N–H and O–H groups in total. The van der Waals surface area contributed by atoms with Crippen molar-refractivity contribution in [3.63, 3.8) is 0 Å². The van der Waals surface area contributed by atoms with E-state index in [1.807, 2.05) is 0 Å². The second-order valence-corrected chi connectivity index (χ2v) is 4.52. The third-order valence-electron chi connectivity index (χ3n) is 3.21. The zero-order chi connectivity index (χ0) is 12.8. The molecule has 1 aromatic carbocycles. The Labute approximate surface area is 108 Å². The van der Waals surface area contributed by atoms with Crippen LogP contribution >= 0.6 is 0 Å². The Morgan fingerprint density at radius 1 is 1.28 bits per heavy atom. The highest BCUT2D eigenvalue weighted by molar-refractivity contribution is 5.94. The van der Waals surface area contributed by atoms with Gasteiger partial charge in [-0.05, 0) is 49.9 Å². The molecule has 0 bridgehead atoms. The molecule has 0 radical (unpaired) electrons. The molecule has 1 aromatic rings. The number of benzene rings is 1. The molecule has 3 heteroatoms. The summed E-state index contributed by atoms with van der Waals surface area (Å²) in [5.41, 5.74) is 2.02. The van der Waals surface area contributed by atoms with Crippen LogP contribution in [0.4, 0.5) is 0 Å². The maximum absolute atomic E-state index is 11.9. The van der Waals surface area contributed by atoms with E-state index in [-0.39, 0.29) is 5.91 Å². The van der Waals surface area contributed by atoms with Gasteiger partial charge in [-0.3, -0.25) is 4.79 Å². The van der Waals surface area contributed by atoms with Gasteiger partial charge < -0.3 is 10.1 Å². The molecule has 0 aliphatic heterocycles. The monoisotopic (exact) mass is 245 g/mol. The van der Waals surface area contributed by atoms with E-state index >= 15 is 0 Å². The molecule has 96 valence electrons. The number of allylic oxidation sites excluding steroid dienone is 1. The number of nitrogens with one attached hydrogen (secondary N) is 1. The summed E-state index contributed by atoms with van der Waals surface area (Å²) in [6, 6.07) is 7.16. The van der Waals surface area contributed by atoms with Crippen LogP contribution in [0.15, 0.2) is 35.9 Å². The molecule has 0 heterocycles. The van der Waals surface area contributed by atoms with Crippen molar-refractivity contribution >= 4 is 5.91 Å². The van der Waals surface area contributed by atoms with Crippen LogP contribution in [0.5, 0.6) is 5.75 Å². The van der Waals surface area contributed by atoms with Crippen LogP contribution in [-0.4, -0.2) is 19.6 Å². The van der Waals surface area contributed by atoms with Crippen LogP contribution < -0.4 is 10.1 Å². The first-order chi connectivity index (χ1) is 8.79. The number of carbonyl (C=O) groups is 1. The van der Waals surface area contributed by atoms with Gasteiger partial charge >= 0.3 is 0 Å². The van der Waals surface area contributed by atoms with E-state index in [0.29, 0.717) is 12.1 Å². The minimum atomic E-state index is -0.0240. The molecule has 0 saturated heterocycles. The lowest BCUT2D eigenvalue weighted by atomic mass is 9.99. The molecule has 1 aliphatic carbocycles. The number of ether oxygens (including phenoxy) is 1. The second kappa shape index (κ2) is 6.24. The van der Waals surface area contributed by atoms with Crippen LogP contribution in [0.25, 0.3) is 0 Å². The van der Waals surface area contributed by atoms with Gasteiger partial charge in [-0.25, -0.2) is 0 Å². The van der Waals surface area contributed by atoms with E-state index in [1.165, 1.54) is 18.4 Å². The average molecular weight is 245 g/mol. The molecule has 3 nitrogen and oxygen atoms in total. The molecule has 0 atom stereocenters. The topological polar surface area (TPSA) is 38.3 Å². The van der Waals surface area contributed by atoms with Crippen molar-refractivity contribution in [2.45, 2.75) is 25.7 Å². The largest absolute Gasteiger partial charge is 0.497 e. The van der Waals surface area contributed by atoms with Gasteiger partial charge in [0.2, 0.25) is 0 Å². The smallest absolute Gasteiger partial charge is 0.251 e. The number of carbonyl (C=O) groups excluding carboxylic acids is 1. The van der Waals surface area contributed by atoms with Gasteiger partial charge in [-0.1, -0.05) is 11.6 Å². The molecule has 0 unspecified atom stereocenters. The summed E-state index contributed by atoms with van der Waals surface area (Å²) in [6.45, 7) is 0.671. The summed E-state index contributed by atoms with van der Waals surface area (Å²) < 4.78 is 5.06. The summed E-state index contributed by atoms with van der Waals surface area (Å²) in [5.74, 6) is 0.741. The first kappa shape index (κ1) is 12.7. The normalized spacial score (nSPS) is 14.8. The van der Waals surface area contributed by atoms with Crippen molar-refractivity contribution in [2.24, 2.45) is 0 Å². The Morgan fingerprint density at radius 2 is 2.06 bits per heavy atom. The predicted molar refractivity (Wildman–Crippen MR) is 71.9 cm³/mol. The zero-order valence-electron chi connectivity index (χ0n) is 10.7. The highest BCUT2D eigenvalue weighted by Crippen LogP contribution is 2.16. The van der Waals surface area contributed by atoms with Gasteiger partial charge in [-0.15, -0.1) is 0 Å². The molecule has 0 saturated carbocycles. The van der Waals surface area contributed by atoms with Gasteiger partial charge in [0, 0.05) is 12.1 Å². The molecule has 1 amide bonds. The van der Waals surface area contributed by atoms with E-state index < -0.39 is 0 Å². The van der Waals surface area contributed by atoms with Gasteiger partial charge in [0.1, 0.15) is 5.75 Å². The van der Waals surface area contributed by atoms with E-state index in [9.17, 15) is 4.79 Å². The summed E-state index contributed by atoms with van der Waals surface area (Å²) in [7, 11) is 1.62. The van der Waals surface area contributed by atoms with Gasteiger partial charge in [0.05, 0.1) is 7.11 Å². The number of hydrogen-bond donors (Lipinski definition) is 1. The summed E-state index contributed by atoms with van der Waals surface area (Å²) >= 11 is 0. The molecule has 0 fully saturated rings. The van der Waals surface area contributed by atoms with Crippen molar-refractivity contribution in [3.8, 4) is 5.75 Å². The van der Waals surface area contributed by atoms with Crippen LogP contribution in [0.1, 0.15) is 36.0 Å². The van der Waals surface area contributed by atoms with Crippen LogP contribution in [-0.2, 0) is 0 Å². The molecule has 18 heavy (non-hydrogen) atoms. The second-order valence-electron chi connectivity index (χ2n) is 4.52. The standard InChI is InChI=1S/C15H19NO2/c1-18-14-9-7-13(8-10-14)15(17)16-11-12-5-3-2-4-6-12/h5,7-10H,2-4,6,11H2,1H3,(H,16,17). The highest BCUT2D eigenvalue weighted by atomic mass is 16.5. The van der Waals surface area contributed by atoms with Gasteiger partial charge in [-0.2, -0.15) is 0 Å². The molecule has 0 aromatic heterocycles. The Hall–Kier alpha value is -1.77. The summed E-state index contributed by atoms with van der Waals surface area (Å²) in [6.07, 6.45) is 7.02. The van der Waals surface area contributed by atoms with E-state index in [0.717, 1.165) is 18.6 Å². The fraction of sp³-hybridized carbons (Fsp3) is 0.400. The van der Waals surface area contributed by atoms with Gasteiger partial charge in [0.25, 0.3) is 5.91 Å². The van der Waals surface area contributed by atoms with Crippen molar-refractivity contribution < 1.29 is 9.53 Å². The lowest BCUT2D eigenvalue weighted by Gasteiger charge is -2.13. The third kappa shape index (κ3) is 3.36. The van der Waals surface area contributed by atoms with Crippen molar-refractivity contribution in [1.29, 1.82) is 0 Å². The van der Waals surface area contributed by atoms with Gasteiger partial charge in [0.15, 0.2) is 0 Å². The molecular weight excluding hydrogens is 226 g/mol. The Kier molecular flexibility index (Phi) is 4.40. The highest BCUT2D eigenvalue weighted by Gasteiger charge is 2.08. The number of rotatable bonds is 4. The van der Waals surface area contributed by atoms with Crippen LogP contribution in [0.3, 0.4) is 0 Å². The van der Waals surface area contributed by atoms with Crippen molar-refractivity contribution in [1.82, 2.24) is 5.32 Å². The Morgan fingerprint density at radius 3 is 2.67 bits per heavy atom. The Bertz CT molecular complexity index is 434. The van der Waals surface area contributed by atoms with Crippen molar-refractivity contribution in [2.75, 3.05) is 13.7 Å². The van der Waals surface area contributed by atoms with E-state index in [2.05, 4.69) is 11.4 Å². The molecule has 0 spiro atoms. The quantitative estimate of drug-likeness (QED) is 0.828. The van der Waals surface area contributed by atoms with E-state index in [4.69, 9.17) is 4.74 Å². The van der Waals surface area contributed by atoms with E-state index in [1.54, 1.807) is 31.4 Å². The molecule has 2 rings (SSSR count). The van der Waals surface area contributed by atoms with Crippen LogP contribution in [0, 0.1) is 0 Å². The number of methoxy groups -OCH3 is 1. The lowest BCUT2D eigenvalue weighted by Crippen LogP contribution is -2.26. The molecule has 1 aliphatic rings. The third-order valence-corrected chi connectivity index (χ3v) is 3.21. The maximum Gasteiger partial charge on any atom is 0.251 e. The van der Waals surface area contributed by atoms with Crippen LogP contribution in [0.2, 0.25) is 0 Å². The number of hydrogen-bond acceptors (Lipinski definition) is 2. The minimum absolute atomic E-state index is 0.0240. The first-order valence-electron chi connectivity index (χ1n) is 6.40. The lowest BCUT2D eigenvalue weighted by molar-refractivity contribution is 0.0956. The first-order valence-corrected chi connectivity index (χ1v) is 6.40. The fourth-order valence-electron chi connectivity index (χ4n) is 2.10. The zero-order valence-corrected chi connectivity index (χ0v) is 10.7. The molecular formula is C15H19NO2. The van der Waals surface area contributed by atoms with Crippen molar-refractivity contribution in [3.05, 3.63) is 41.5 Å². The SMILES string of the molecule is COc1ccc(C(=O)NCC2=CCCCC2)cc1. The summed E-state index contributed by atoms with van der Waals surface area (Å²) in [5, 5.41) is 2.96. The minimum Gasteiger partial charge on any atom is -0.497 e. The fourth-order valence-corrected chi connectivity index (χ4v) is 2.10. The number of amides is 1. The maximum atomic E-state index is 11.9. The average Bonchev–Trinajstić information content (AvgIpc) is 2.46. The Balaban J connectivity index is 1.88. The summed E-state index contributed by atoms with van der Waals surface area (Å²) in [4.78, 5) is 11.9. The predicted octanol–water partition coefficient (Wildman–Crippen LogP) is 2.93.